The SMILES string of the molecule is C/C=C\N(c1cccc(-c2nc(-c3ccccc3)nc(-c3ccccc3)n2)c1)c1ccccc1/C=C\C(C)=C(/C)c1ccccc1CC. The van der Waals surface area contributed by atoms with Crippen molar-refractivity contribution in [2.45, 2.75) is 34.1 Å². The molecule has 6 aromatic rings. The van der Waals surface area contributed by atoms with Crippen molar-refractivity contribution in [3.63, 3.8) is 0 Å². The van der Waals surface area contributed by atoms with Crippen LogP contribution in [0.5, 0.6) is 0 Å². The van der Waals surface area contributed by atoms with E-state index < -0.39 is 0 Å². The van der Waals surface area contributed by atoms with Crippen molar-refractivity contribution in [1.82, 2.24) is 15.0 Å². The molecule has 0 aliphatic rings. The summed E-state index contributed by atoms with van der Waals surface area (Å²) in [6.07, 6.45) is 9.62. The summed E-state index contributed by atoms with van der Waals surface area (Å²) in [6.45, 7) is 8.66. The second-order valence-electron chi connectivity index (χ2n) is 11.7. The van der Waals surface area contributed by atoms with Gasteiger partial charge in [0.2, 0.25) is 0 Å². The highest BCUT2D eigenvalue weighted by Crippen LogP contribution is 2.34. The van der Waals surface area contributed by atoms with E-state index in [1.54, 1.807) is 0 Å². The molecule has 0 saturated heterocycles. The van der Waals surface area contributed by atoms with Gasteiger partial charge >= 0.3 is 0 Å². The van der Waals surface area contributed by atoms with Crippen LogP contribution in [-0.2, 0) is 6.42 Å². The van der Waals surface area contributed by atoms with Crippen LogP contribution in [-0.4, -0.2) is 15.0 Å². The third kappa shape index (κ3) is 7.24. The van der Waals surface area contributed by atoms with E-state index in [1.807, 2.05) is 67.6 Å². The number of hydrogen-bond donors (Lipinski definition) is 0. The van der Waals surface area contributed by atoms with Gasteiger partial charge in [0.05, 0.1) is 5.69 Å². The van der Waals surface area contributed by atoms with Crippen LogP contribution in [0.2, 0.25) is 0 Å². The van der Waals surface area contributed by atoms with Crippen molar-refractivity contribution < 1.29 is 0 Å². The largest absolute Gasteiger partial charge is 0.317 e. The average Bonchev–Trinajstić information content (AvgIpc) is 3.16. The van der Waals surface area contributed by atoms with Crippen molar-refractivity contribution >= 4 is 23.0 Å². The minimum Gasteiger partial charge on any atom is -0.317 e. The molecule has 5 aromatic carbocycles. The first-order chi connectivity index (χ1) is 23.6. The van der Waals surface area contributed by atoms with E-state index in [9.17, 15) is 0 Å². The number of allylic oxidation sites excluding steroid dienone is 4. The fourth-order valence-electron chi connectivity index (χ4n) is 5.78. The molecule has 0 atom stereocenters. The van der Waals surface area contributed by atoms with E-state index in [1.165, 1.54) is 22.3 Å². The highest BCUT2D eigenvalue weighted by atomic mass is 15.1. The lowest BCUT2D eigenvalue weighted by molar-refractivity contribution is 1.07. The van der Waals surface area contributed by atoms with Gasteiger partial charge in [0.15, 0.2) is 17.5 Å². The number of aromatic nitrogens is 3. The second kappa shape index (κ2) is 15.1. The maximum absolute atomic E-state index is 4.96. The van der Waals surface area contributed by atoms with Crippen LogP contribution in [0.25, 0.3) is 45.8 Å². The van der Waals surface area contributed by atoms with E-state index in [0.717, 1.165) is 40.0 Å². The molecule has 0 bridgehead atoms. The Bertz CT molecular complexity index is 2030. The van der Waals surface area contributed by atoms with Crippen LogP contribution in [0, 0.1) is 0 Å². The van der Waals surface area contributed by atoms with Gasteiger partial charge in [0, 0.05) is 28.6 Å². The fraction of sp³-hybridized carbons (Fsp3) is 0.114. The Kier molecular flexibility index (Phi) is 10.1. The van der Waals surface area contributed by atoms with Crippen LogP contribution in [0.3, 0.4) is 0 Å². The summed E-state index contributed by atoms with van der Waals surface area (Å²) in [5.74, 6) is 1.92. The Balaban J connectivity index is 1.40. The minimum absolute atomic E-state index is 0.627. The summed E-state index contributed by atoms with van der Waals surface area (Å²) in [4.78, 5) is 17.0. The van der Waals surface area contributed by atoms with Gasteiger partial charge in [-0.2, -0.15) is 0 Å². The molecule has 0 spiro atoms. The second-order valence-corrected chi connectivity index (χ2v) is 11.7. The molecule has 4 heteroatoms. The third-order valence-electron chi connectivity index (χ3n) is 8.48. The number of rotatable bonds is 10. The molecule has 0 amide bonds. The molecule has 0 fully saturated rings. The third-order valence-corrected chi connectivity index (χ3v) is 8.48. The molecular formula is C44H40N4. The summed E-state index contributed by atoms with van der Waals surface area (Å²) in [5, 5.41) is 0. The van der Waals surface area contributed by atoms with E-state index in [-0.39, 0.29) is 0 Å². The van der Waals surface area contributed by atoms with Crippen molar-refractivity contribution in [2.24, 2.45) is 0 Å². The molecule has 0 aliphatic heterocycles. The lowest BCUT2D eigenvalue weighted by atomic mass is 9.95. The maximum Gasteiger partial charge on any atom is 0.164 e. The number of benzene rings is 5. The summed E-state index contributed by atoms with van der Waals surface area (Å²) in [5.41, 5.74) is 11.2. The average molecular weight is 625 g/mol. The first-order valence-electron chi connectivity index (χ1n) is 16.5. The zero-order valence-electron chi connectivity index (χ0n) is 28.0. The molecule has 48 heavy (non-hydrogen) atoms. The van der Waals surface area contributed by atoms with Crippen LogP contribution in [0.4, 0.5) is 11.4 Å². The van der Waals surface area contributed by atoms with Gasteiger partial charge in [-0.3, -0.25) is 0 Å². The molecule has 0 aliphatic carbocycles. The normalized spacial score (nSPS) is 12.0. The molecule has 0 unspecified atom stereocenters. The number of aryl methyl sites for hydroxylation is 1. The molecule has 236 valence electrons. The van der Waals surface area contributed by atoms with Crippen LogP contribution >= 0.6 is 0 Å². The monoisotopic (exact) mass is 624 g/mol. The van der Waals surface area contributed by atoms with Crippen molar-refractivity contribution in [1.29, 1.82) is 0 Å². The number of nitrogens with zero attached hydrogens (tertiary/aromatic N) is 4. The van der Waals surface area contributed by atoms with Crippen molar-refractivity contribution in [3.8, 4) is 34.2 Å². The predicted octanol–water partition coefficient (Wildman–Crippen LogP) is 11.6. The van der Waals surface area contributed by atoms with Crippen LogP contribution < -0.4 is 4.90 Å². The molecule has 0 radical (unpaired) electrons. The summed E-state index contributed by atoms with van der Waals surface area (Å²) in [6, 6.07) is 45.7. The van der Waals surface area contributed by atoms with Gasteiger partial charge in [-0.1, -0.05) is 140 Å². The van der Waals surface area contributed by atoms with Crippen molar-refractivity contribution in [2.75, 3.05) is 4.90 Å². The lowest BCUT2D eigenvalue weighted by Crippen LogP contribution is -2.10. The first-order valence-corrected chi connectivity index (χ1v) is 16.5. The van der Waals surface area contributed by atoms with E-state index in [2.05, 4.69) is 123 Å². The molecular weight excluding hydrogens is 585 g/mol. The molecule has 1 heterocycles. The van der Waals surface area contributed by atoms with Gasteiger partial charge < -0.3 is 4.90 Å². The van der Waals surface area contributed by atoms with Crippen LogP contribution in [0.15, 0.2) is 157 Å². The van der Waals surface area contributed by atoms with Gasteiger partial charge in [-0.25, -0.2) is 15.0 Å². The highest BCUT2D eigenvalue weighted by Gasteiger charge is 2.15. The molecule has 4 nitrogen and oxygen atoms in total. The van der Waals surface area contributed by atoms with E-state index in [4.69, 9.17) is 15.0 Å². The summed E-state index contributed by atoms with van der Waals surface area (Å²) in [7, 11) is 0. The Labute approximate surface area is 284 Å². The van der Waals surface area contributed by atoms with Gasteiger partial charge in [-0.05, 0) is 73.2 Å². The summed E-state index contributed by atoms with van der Waals surface area (Å²) >= 11 is 0. The molecule has 0 saturated carbocycles. The maximum atomic E-state index is 4.96. The Morgan fingerprint density at radius 1 is 0.625 bits per heavy atom. The van der Waals surface area contributed by atoms with Gasteiger partial charge in [0.1, 0.15) is 0 Å². The van der Waals surface area contributed by atoms with E-state index in [0.29, 0.717) is 17.5 Å². The number of anilines is 2. The Hall–Kier alpha value is -5.87. The lowest BCUT2D eigenvalue weighted by Gasteiger charge is -2.23. The highest BCUT2D eigenvalue weighted by molar-refractivity contribution is 5.80. The Morgan fingerprint density at radius 2 is 1.19 bits per heavy atom. The smallest absolute Gasteiger partial charge is 0.164 e. The van der Waals surface area contributed by atoms with Gasteiger partial charge in [-0.15, -0.1) is 0 Å². The first kappa shape index (κ1) is 32.1. The van der Waals surface area contributed by atoms with E-state index >= 15 is 0 Å². The zero-order chi connectivity index (χ0) is 33.3. The van der Waals surface area contributed by atoms with Crippen LogP contribution in [0.1, 0.15) is 44.4 Å². The fourth-order valence-corrected chi connectivity index (χ4v) is 5.78. The predicted molar refractivity (Wildman–Crippen MR) is 203 cm³/mol. The Morgan fingerprint density at radius 3 is 1.83 bits per heavy atom. The quantitative estimate of drug-likeness (QED) is 0.142. The molecule has 0 N–H and O–H groups in total. The number of hydrogen-bond acceptors (Lipinski definition) is 4. The minimum atomic E-state index is 0.627. The standard InChI is InChI=1S/C44H40N4/c1-5-30-48(41-27-16-14-19-35(41)29-28-32(3)33(4)40-26-15-13-18-34(40)6-2)39-25-17-24-38(31-39)44-46-42(36-20-9-7-10-21-36)45-43(47-44)37-22-11-8-12-23-37/h5,7-31H,6H2,1-4H3/b29-28-,30-5-,33-32+. The topological polar surface area (TPSA) is 41.9 Å². The molecule has 6 rings (SSSR count). The summed E-state index contributed by atoms with van der Waals surface area (Å²) < 4.78 is 0. The van der Waals surface area contributed by atoms with Crippen molar-refractivity contribution in [3.05, 3.63) is 174 Å². The van der Waals surface area contributed by atoms with Gasteiger partial charge in [0.25, 0.3) is 0 Å². The molecule has 1 aromatic heterocycles. The number of para-hydroxylation sites is 1. The zero-order valence-corrected chi connectivity index (χ0v) is 28.0.